The van der Waals surface area contributed by atoms with Gasteiger partial charge >= 0.3 is 6.09 Å². The Hall–Kier alpha value is -2.10. The first-order valence-electron chi connectivity index (χ1n) is 5.77. The van der Waals surface area contributed by atoms with E-state index in [1.807, 2.05) is 30.3 Å². The number of aldehydes is 1. The molecule has 0 aromatic heterocycles. The van der Waals surface area contributed by atoms with Gasteiger partial charge in [0.25, 0.3) is 0 Å². The maximum Gasteiger partial charge on any atom is 0.411 e. The number of rotatable bonds is 5. The van der Waals surface area contributed by atoms with Gasteiger partial charge in [0.1, 0.15) is 18.4 Å². The SMILES string of the molecule is C=CCOC(=O)N1C[C@]1(C=O)Cc1ccccc1. The Morgan fingerprint density at radius 2 is 2.17 bits per heavy atom. The highest BCUT2D eigenvalue weighted by Gasteiger charge is 2.56. The highest BCUT2D eigenvalue weighted by Crippen LogP contribution is 2.34. The molecule has 0 unspecified atom stereocenters. The average Bonchev–Trinajstić information content (AvgIpc) is 3.12. The largest absolute Gasteiger partial charge is 0.445 e. The summed E-state index contributed by atoms with van der Waals surface area (Å²) < 4.78 is 4.92. The van der Waals surface area contributed by atoms with Gasteiger partial charge in [-0.25, -0.2) is 4.79 Å². The summed E-state index contributed by atoms with van der Waals surface area (Å²) in [6.07, 6.45) is 2.40. The number of ether oxygens (including phenoxy) is 1. The Morgan fingerprint density at radius 1 is 1.44 bits per heavy atom. The molecule has 0 radical (unpaired) electrons. The van der Waals surface area contributed by atoms with Gasteiger partial charge in [0.2, 0.25) is 0 Å². The lowest BCUT2D eigenvalue weighted by Gasteiger charge is -2.11. The Labute approximate surface area is 106 Å². The molecule has 1 fully saturated rings. The molecule has 0 N–H and O–H groups in total. The predicted molar refractivity (Wildman–Crippen MR) is 67.2 cm³/mol. The van der Waals surface area contributed by atoms with Crippen LogP contribution in [0.4, 0.5) is 4.79 Å². The minimum absolute atomic E-state index is 0.162. The van der Waals surface area contributed by atoms with E-state index >= 15 is 0 Å². The summed E-state index contributed by atoms with van der Waals surface area (Å²) in [6.45, 7) is 4.05. The van der Waals surface area contributed by atoms with Gasteiger partial charge in [-0.05, 0) is 5.56 Å². The van der Waals surface area contributed by atoms with Crippen molar-refractivity contribution in [3.63, 3.8) is 0 Å². The van der Waals surface area contributed by atoms with Gasteiger partial charge in [0.15, 0.2) is 0 Å². The molecule has 0 spiro atoms. The van der Waals surface area contributed by atoms with E-state index in [0.29, 0.717) is 13.0 Å². The third-order valence-corrected chi connectivity index (χ3v) is 2.98. The first kappa shape index (κ1) is 12.4. The standard InChI is InChI=1S/C14H15NO3/c1-2-8-18-13(17)15-10-14(15,11-16)9-12-6-4-3-5-7-12/h2-7,11H,1,8-10H2/t14-,15?/m0/s1. The second-order valence-electron chi connectivity index (χ2n) is 4.34. The van der Waals surface area contributed by atoms with Crippen molar-refractivity contribution in [1.82, 2.24) is 4.90 Å². The molecule has 4 heteroatoms. The molecule has 1 aromatic carbocycles. The van der Waals surface area contributed by atoms with E-state index in [9.17, 15) is 9.59 Å². The molecule has 1 atom stereocenters. The monoisotopic (exact) mass is 245 g/mol. The zero-order valence-electron chi connectivity index (χ0n) is 10.0. The molecular formula is C14H15NO3. The molecule has 94 valence electrons. The van der Waals surface area contributed by atoms with E-state index in [1.54, 1.807) is 0 Å². The van der Waals surface area contributed by atoms with Gasteiger partial charge in [-0.15, -0.1) is 0 Å². The van der Waals surface area contributed by atoms with E-state index in [4.69, 9.17) is 4.74 Å². The van der Waals surface area contributed by atoms with Crippen molar-refractivity contribution in [2.24, 2.45) is 0 Å². The summed E-state index contributed by atoms with van der Waals surface area (Å²) in [4.78, 5) is 24.3. The lowest BCUT2D eigenvalue weighted by Crippen LogP contribution is -2.28. The van der Waals surface area contributed by atoms with Gasteiger partial charge in [0.05, 0.1) is 6.54 Å². The number of benzene rings is 1. The lowest BCUT2D eigenvalue weighted by atomic mass is 10.0. The first-order valence-corrected chi connectivity index (χ1v) is 5.77. The summed E-state index contributed by atoms with van der Waals surface area (Å²) in [6, 6.07) is 9.63. The third-order valence-electron chi connectivity index (χ3n) is 2.98. The Balaban J connectivity index is 2.00. The van der Waals surface area contributed by atoms with Crippen LogP contribution >= 0.6 is 0 Å². The number of nitrogens with zero attached hydrogens (tertiary/aromatic N) is 1. The lowest BCUT2D eigenvalue weighted by molar-refractivity contribution is -0.110. The zero-order valence-corrected chi connectivity index (χ0v) is 10.0. The fourth-order valence-corrected chi connectivity index (χ4v) is 1.94. The second kappa shape index (κ2) is 5.04. The summed E-state index contributed by atoms with van der Waals surface area (Å²) in [5, 5.41) is 0. The smallest absolute Gasteiger partial charge is 0.411 e. The molecule has 1 saturated heterocycles. The molecule has 2 rings (SSSR count). The van der Waals surface area contributed by atoms with E-state index in [-0.39, 0.29) is 6.61 Å². The normalized spacial score (nSPS) is 21.2. The first-order chi connectivity index (χ1) is 8.72. The van der Waals surface area contributed by atoms with Crippen molar-refractivity contribution in [1.29, 1.82) is 0 Å². The molecule has 0 bridgehead atoms. The van der Waals surface area contributed by atoms with Crippen LogP contribution < -0.4 is 0 Å². The highest BCUT2D eigenvalue weighted by molar-refractivity contribution is 5.83. The van der Waals surface area contributed by atoms with Gasteiger partial charge in [-0.1, -0.05) is 43.0 Å². The highest BCUT2D eigenvalue weighted by atomic mass is 16.6. The molecule has 1 heterocycles. The minimum atomic E-state index is -0.723. The van der Waals surface area contributed by atoms with Crippen molar-refractivity contribution < 1.29 is 14.3 Å². The fraction of sp³-hybridized carbons (Fsp3) is 0.286. The summed E-state index contributed by atoms with van der Waals surface area (Å²) in [7, 11) is 0. The number of hydrogen-bond acceptors (Lipinski definition) is 3. The number of carbonyl (C=O) groups is 2. The van der Waals surface area contributed by atoms with Crippen LogP contribution in [0.3, 0.4) is 0 Å². The van der Waals surface area contributed by atoms with Crippen molar-refractivity contribution in [2.75, 3.05) is 13.2 Å². The van der Waals surface area contributed by atoms with Crippen LogP contribution in [0.5, 0.6) is 0 Å². The molecule has 0 aliphatic carbocycles. The Bertz CT molecular complexity index is 457. The van der Waals surface area contributed by atoms with Crippen LogP contribution in [0.2, 0.25) is 0 Å². The quantitative estimate of drug-likeness (QED) is 0.451. The van der Waals surface area contributed by atoms with Crippen LogP contribution in [0, 0.1) is 0 Å². The molecule has 1 aliphatic rings. The molecule has 1 amide bonds. The van der Waals surface area contributed by atoms with Crippen molar-refractivity contribution >= 4 is 12.4 Å². The Kier molecular flexibility index (Phi) is 3.46. The van der Waals surface area contributed by atoms with Gasteiger partial charge in [-0.3, -0.25) is 4.90 Å². The molecule has 1 aromatic rings. The van der Waals surface area contributed by atoms with Gasteiger partial charge < -0.3 is 9.53 Å². The Morgan fingerprint density at radius 3 is 2.78 bits per heavy atom. The fourth-order valence-electron chi connectivity index (χ4n) is 1.94. The second-order valence-corrected chi connectivity index (χ2v) is 4.34. The predicted octanol–water partition coefficient (Wildman–Crippen LogP) is 1.80. The minimum Gasteiger partial charge on any atom is -0.445 e. The zero-order chi connectivity index (χ0) is 13.0. The summed E-state index contributed by atoms with van der Waals surface area (Å²) in [5.41, 5.74) is 0.309. The van der Waals surface area contributed by atoms with Crippen LogP contribution in [-0.2, 0) is 16.0 Å². The van der Waals surface area contributed by atoms with E-state index in [1.165, 1.54) is 11.0 Å². The van der Waals surface area contributed by atoms with E-state index < -0.39 is 11.6 Å². The van der Waals surface area contributed by atoms with Crippen molar-refractivity contribution in [3.05, 3.63) is 48.6 Å². The average molecular weight is 245 g/mol. The van der Waals surface area contributed by atoms with Crippen molar-refractivity contribution in [2.45, 2.75) is 12.0 Å². The molecule has 4 nitrogen and oxygen atoms in total. The van der Waals surface area contributed by atoms with Crippen LogP contribution in [0.25, 0.3) is 0 Å². The van der Waals surface area contributed by atoms with Gasteiger partial charge in [0, 0.05) is 6.42 Å². The van der Waals surface area contributed by atoms with Crippen molar-refractivity contribution in [3.8, 4) is 0 Å². The maximum absolute atomic E-state index is 11.6. The van der Waals surface area contributed by atoms with Gasteiger partial charge in [-0.2, -0.15) is 0 Å². The number of amides is 1. The number of carbonyl (C=O) groups excluding carboxylic acids is 2. The summed E-state index contributed by atoms with van der Waals surface area (Å²) >= 11 is 0. The molecular weight excluding hydrogens is 230 g/mol. The third kappa shape index (κ3) is 2.42. The molecule has 1 aliphatic heterocycles. The summed E-state index contributed by atoms with van der Waals surface area (Å²) in [5.74, 6) is 0. The number of hydrogen-bond donors (Lipinski definition) is 0. The molecule has 18 heavy (non-hydrogen) atoms. The van der Waals surface area contributed by atoms with Crippen LogP contribution in [0.15, 0.2) is 43.0 Å². The maximum atomic E-state index is 11.6. The van der Waals surface area contributed by atoms with E-state index in [2.05, 4.69) is 6.58 Å². The topological polar surface area (TPSA) is 46.4 Å². The van der Waals surface area contributed by atoms with Crippen LogP contribution in [0.1, 0.15) is 5.56 Å². The van der Waals surface area contributed by atoms with Crippen LogP contribution in [-0.4, -0.2) is 36.0 Å². The van der Waals surface area contributed by atoms with E-state index in [0.717, 1.165) is 11.8 Å². The molecule has 0 saturated carbocycles.